The summed E-state index contributed by atoms with van der Waals surface area (Å²) >= 11 is 1.44. The molecule has 1 unspecified atom stereocenters. The van der Waals surface area contributed by atoms with Crippen molar-refractivity contribution >= 4 is 22.6 Å². The topological polar surface area (TPSA) is 79.0 Å². The molecule has 0 radical (unpaired) electrons. The minimum Gasteiger partial charge on any atom is -0.390 e. The number of thioether (sulfide) groups is 1. The summed E-state index contributed by atoms with van der Waals surface area (Å²) < 4.78 is 0. The Morgan fingerprint density at radius 3 is 3.05 bits per heavy atom. The summed E-state index contributed by atoms with van der Waals surface area (Å²) in [7, 11) is 0. The van der Waals surface area contributed by atoms with Crippen LogP contribution in [0.3, 0.4) is 0 Å². The van der Waals surface area contributed by atoms with Gasteiger partial charge in [-0.25, -0.2) is 0 Å². The zero-order chi connectivity index (χ0) is 13.4. The number of aliphatic imine (C=N–C) groups is 1. The molecule has 2 aliphatic rings. The van der Waals surface area contributed by atoms with Crippen LogP contribution in [0.2, 0.25) is 0 Å². The number of nitrogens with zero attached hydrogens (tertiary/aromatic N) is 3. The van der Waals surface area contributed by atoms with Gasteiger partial charge >= 0.3 is 0 Å². The van der Waals surface area contributed by atoms with Crippen LogP contribution in [0.1, 0.15) is 11.6 Å². The minimum absolute atomic E-state index is 0.0460. The zero-order valence-corrected chi connectivity index (χ0v) is 10.7. The summed E-state index contributed by atoms with van der Waals surface area (Å²) in [6.45, 7) is 0.495. The maximum Gasteiger partial charge on any atom is 0.274 e. The van der Waals surface area contributed by atoms with Crippen LogP contribution in [0.25, 0.3) is 0 Å². The SMILES string of the molecule is O=[N+]([O-])c1ccccc1C1CN2C(CO)=CSC2=N1. The number of aliphatic hydroxyl groups is 1. The van der Waals surface area contributed by atoms with Crippen molar-refractivity contribution < 1.29 is 10.0 Å². The largest absolute Gasteiger partial charge is 0.390 e. The van der Waals surface area contributed by atoms with Crippen LogP contribution in [-0.4, -0.2) is 33.2 Å². The predicted molar refractivity (Wildman–Crippen MR) is 72.7 cm³/mol. The van der Waals surface area contributed by atoms with Crippen molar-refractivity contribution in [2.75, 3.05) is 13.2 Å². The molecule has 0 saturated carbocycles. The number of hydrogen-bond acceptors (Lipinski definition) is 6. The van der Waals surface area contributed by atoms with Crippen LogP contribution in [0.5, 0.6) is 0 Å². The van der Waals surface area contributed by atoms with Crippen LogP contribution >= 0.6 is 11.8 Å². The van der Waals surface area contributed by atoms with Gasteiger partial charge in [-0.15, -0.1) is 0 Å². The van der Waals surface area contributed by atoms with Gasteiger partial charge in [-0.3, -0.25) is 15.1 Å². The second kappa shape index (κ2) is 4.67. The van der Waals surface area contributed by atoms with Gasteiger partial charge in [-0.1, -0.05) is 23.9 Å². The van der Waals surface area contributed by atoms with E-state index in [0.29, 0.717) is 12.1 Å². The van der Waals surface area contributed by atoms with Crippen molar-refractivity contribution in [3.05, 3.63) is 51.0 Å². The Balaban J connectivity index is 1.91. The second-order valence-electron chi connectivity index (χ2n) is 4.24. The molecule has 0 bridgehead atoms. The van der Waals surface area contributed by atoms with E-state index in [4.69, 9.17) is 0 Å². The third kappa shape index (κ3) is 2.00. The molecule has 0 aromatic heterocycles. The van der Waals surface area contributed by atoms with Gasteiger partial charge in [-0.2, -0.15) is 0 Å². The molecule has 1 aromatic rings. The van der Waals surface area contributed by atoms with Crippen molar-refractivity contribution in [2.45, 2.75) is 6.04 Å². The first-order valence-corrected chi connectivity index (χ1v) is 6.64. The highest BCUT2D eigenvalue weighted by atomic mass is 32.2. The third-order valence-electron chi connectivity index (χ3n) is 3.15. The molecular weight excluding hydrogens is 266 g/mol. The van der Waals surface area contributed by atoms with Gasteiger partial charge in [0.1, 0.15) is 6.04 Å². The lowest BCUT2D eigenvalue weighted by molar-refractivity contribution is -0.385. The van der Waals surface area contributed by atoms with Crippen LogP contribution in [0, 0.1) is 10.1 Å². The number of fused-ring (bicyclic) bond motifs is 1. The van der Waals surface area contributed by atoms with E-state index in [1.54, 1.807) is 18.2 Å². The number of benzene rings is 1. The van der Waals surface area contributed by atoms with Gasteiger partial charge in [0, 0.05) is 11.5 Å². The van der Waals surface area contributed by atoms with E-state index < -0.39 is 0 Å². The van der Waals surface area contributed by atoms with Gasteiger partial charge in [0.05, 0.1) is 29.3 Å². The monoisotopic (exact) mass is 277 g/mol. The maximum atomic E-state index is 11.0. The quantitative estimate of drug-likeness (QED) is 0.674. The zero-order valence-electron chi connectivity index (χ0n) is 9.89. The average molecular weight is 277 g/mol. The lowest BCUT2D eigenvalue weighted by Crippen LogP contribution is -2.23. The number of nitro groups is 1. The van der Waals surface area contributed by atoms with E-state index in [1.807, 2.05) is 10.3 Å². The molecule has 19 heavy (non-hydrogen) atoms. The molecule has 0 saturated heterocycles. The van der Waals surface area contributed by atoms with E-state index >= 15 is 0 Å². The van der Waals surface area contributed by atoms with Crippen LogP contribution in [0.15, 0.2) is 40.4 Å². The number of para-hydroxylation sites is 1. The van der Waals surface area contributed by atoms with E-state index in [1.165, 1.54) is 17.8 Å². The molecule has 3 rings (SSSR count). The Bertz CT molecular complexity index is 600. The van der Waals surface area contributed by atoms with Crippen molar-refractivity contribution in [3.8, 4) is 0 Å². The lowest BCUT2D eigenvalue weighted by atomic mass is 10.1. The van der Waals surface area contributed by atoms with Crippen LogP contribution in [0.4, 0.5) is 5.69 Å². The standard InChI is InChI=1S/C12H11N3O3S/c16-6-8-7-19-12-13-10(5-14(8)12)9-3-1-2-4-11(9)15(17)18/h1-4,7,10,16H,5-6H2. The fraction of sp³-hybridized carbons (Fsp3) is 0.250. The van der Waals surface area contributed by atoms with Gasteiger partial charge in [0.2, 0.25) is 0 Å². The second-order valence-corrected chi connectivity index (χ2v) is 5.08. The average Bonchev–Trinajstić information content (AvgIpc) is 2.98. The highest BCUT2D eigenvalue weighted by Gasteiger charge is 2.34. The summed E-state index contributed by atoms with van der Waals surface area (Å²) in [6, 6.07) is 6.41. The summed E-state index contributed by atoms with van der Waals surface area (Å²) in [4.78, 5) is 17.1. The Labute approximate surface area is 113 Å². The Morgan fingerprint density at radius 2 is 2.32 bits per heavy atom. The number of amidine groups is 1. The summed E-state index contributed by atoms with van der Waals surface area (Å²) in [5.41, 5.74) is 1.51. The fourth-order valence-corrected chi connectivity index (χ4v) is 3.19. The summed E-state index contributed by atoms with van der Waals surface area (Å²) in [6.07, 6.45) is 0. The Kier molecular flexibility index (Phi) is 3.00. The number of rotatable bonds is 3. The molecule has 0 aliphatic carbocycles. The molecule has 0 spiro atoms. The van der Waals surface area contributed by atoms with E-state index in [2.05, 4.69) is 4.99 Å². The molecule has 2 heterocycles. The van der Waals surface area contributed by atoms with Gasteiger partial charge < -0.3 is 10.0 Å². The highest BCUT2D eigenvalue weighted by molar-refractivity contribution is 8.16. The molecule has 7 heteroatoms. The molecule has 1 aromatic carbocycles. The molecule has 98 valence electrons. The lowest BCUT2D eigenvalue weighted by Gasteiger charge is -2.16. The van der Waals surface area contributed by atoms with Crippen LogP contribution < -0.4 is 0 Å². The van der Waals surface area contributed by atoms with Gasteiger partial charge in [-0.05, 0) is 6.07 Å². The number of hydrogen-bond donors (Lipinski definition) is 1. The van der Waals surface area contributed by atoms with Gasteiger partial charge in [0.25, 0.3) is 5.69 Å². The molecular formula is C12H11N3O3S. The maximum absolute atomic E-state index is 11.0. The first-order chi connectivity index (χ1) is 9.20. The van der Waals surface area contributed by atoms with Crippen molar-refractivity contribution in [1.29, 1.82) is 0 Å². The third-order valence-corrected chi connectivity index (χ3v) is 4.08. The molecule has 0 amide bonds. The van der Waals surface area contributed by atoms with Crippen LogP contribution in [-0.2, 0) is 0 Å². The Hall–Kier alpha value is -1.86. The molecule has 1 atom stereocenters. The van der Waals surface area contributed by atoms with Crippen molar-refractivity contribution in [3.63, 3.8) is 0 Å². The number of aliphatic hydroxyl groups excluding tert-OH is 1. The molecule has 0 fully saturated rings. The first-order valence-electron chi connectivity index (χ1n) is 5.76. The summed E-state index contributed by atoms with van der Waals surface area (Å²) in [5.74, 6) is 0. The molecule has 1 N–H and O–H groups in total. The fourth-order valence-electron chi connectivity index (χ4n) is 2.24. The first kappa shape index (κ1) is 12.2. The highest BCUT2D eigenvalue weighted by Crippen LogP contribution is 2.38. The molecule has 2 aliphatic heterocycles. The van der Waals surface area contributed by atoms with Gasteiger partial charge in [0.15, 0.2) is 5.17 Å². The van der Waals surface area contributed by atoms with E-state index in [-0.39, 0.29) is 23.3 Å². The predicted octanol–water partition coefficient (Wildman–Crippen LogP) is 1.89. The van der Waals surface area contributed by atoms with Crippen molar-refractivity contribution in [1.82, 2.24) is 4.90 Å². The Morgan fingerprint density at radius 1 is 1.53 bits per heavy atom. The van der Waals surface area contributed by atoms with Crippen molar-refractivity contribution in [2.24, 2.45) is 4.99 Å². The normalized spacial score (nSPS) is 21.1. The van der Waals surface area contributed by atoms with E-state index in [0.717, 1.165) is 10.9 Å². The summed E-state index contributed by atoms with van der Waals surface area (Å²) in [5, 5.41) is 22.9. The number of nitro benzene ring substituents is 1. The van der Waals surface area contributed by atoms with E-state index in [9.17, 15) is 15.2 Å². The minimum atomic E-state index is -0.380. The smallest absolute Gasteiger partial charge is 0.274 e. The molecule has 6 nitrogen and oxygen atoms in total.